The molecule has 5 N–H and O–H groups in total. The van der Waals surface area contributed by atoms with Crippen LogP contribution in [-0.4, -0.2) is 36.1 Å². The minimum absolute atomic E-state index is 0.0112. The molecule has 0 aliphatic carbocycles. The molecule has 0 radical (unpaired) electrons. The summed E-state index contributed by atoms with van der Waals surface area (Å²) in [6.07, 6.45) is 2.54. The van der Waals surface area contributed by atoms with Crippen LogP contribution in [0.3, 0.4) is 0 Å². The van der Waals surface area contributed by atoms with Gasteiger partial charge in [-0.05, 0) is 80.7 Å². The Morgan fingerprint density at radius 2 is 1.97 bits per heavy atom. The number of hydrogen-bond donors (Lipinski definition) is 4. The zero-order chi connectivity index (χ0) is 24.9. The minimum Gasteiger partial charge on any atom is -0.507 e. The highest BCUT2D eigenvalue weighted by atomic mass is 19.1. The molecule has 2 aromatic carbocycles. The molecular weight excluding hydrogens is 445 g/mol. The maximum atomic E-state index is 14.5. The Bertz CT molecular complexity index is 1210. The van der Waals surface area contributed by atoms with Crippen molar-refractivity contribution in [1.29, 1.82) is 0 Å². The fourth-order valence-electron chi connectivity index (χ4n) is 4.38. The lowest BCUT2D eigenvalue weighted by Gasteiger charge is -2.22. The fraction of sp³-hybridized carbons (Fsp3) is 0.333. The van der Waals surface area contributed by atoms with Crippen molar-refractivity contribution in [2.75, 3.05) is 30.8 Å². The molecule has 8 heteroatoms. The number of rotatable bonds is 7. The number of halogens is 1. The van der Waals surface area contributed by atoms with Crippen molar-refractivity contribution in [2.45, 2.75) is 32.7 Å². The third-order valence-electron chi connectivity index (χ3n) is 6.53. The van der Waals surface area contributed by atoms with E-state index in [2.05, 4.69) is 15.6 Å². The van der Waals surface area contributed by atoms with Gasteiger partial charge in [0.05, 0.1) is 11.4 Å². The number of anilines is 3. The van der Waals surface area contributed by atoms with E-state index in [4.69, 9.17) is 5.73 Å². The number of phenolic OH excluding ortho intramolecular Hbond substituents is 1. The molecule has 0 atom stereocenters. The van der Waals surface area contributed by atoms with E-state index in [9.17, 15) is 14.3 Å². The lowest BCUT2D eigenvalue weighted by atomic mass is 9.94. The number of nitrogens with two attached hydrogens (primary N) is 1. The van der Waals surface area contributed by atoms with E-state index in [0.717, 1.165) is 31.5 Å². The smallest absolute Gasteiger partial charge is 0.220 e. The molecule has 1 amide bonds. The average molecular weight is 478 g/mol. The molecule has 4 rings (SSSR count). The van der Waals surface area contributed by atoms with Gasteiger partial charge in [-0.25, -0.2) is 9.37 Å². The van der Waals surface area contributed by atoms with Crippen LogP contribution < -0.4 is 21.3 Å². The quantitative estimate of drug-likeness (QED) is 0.406. The highest BCUT2D eigenvalue weighted by molar-refractivity contribution is 5.77. The molecule has 0 spiro atoms. The van der Waals surface area contributed by atoms with Crippen LogP contribution >= 0.6 is 0 Å². The van der Waals surface area contributed by atoms with Crippen LogP contribution in [0.1, 0.15) is 30.4 Å². The second-order valence-corrected chi connectivity index (χ2v) is 9.13. The number of nitrogens with one attached hydrogen (secondary N) is 2. The van der Waals surface area contributed by atoms with Crippen molar-refractivity contribution < 1.29 is 14.3 Å². The summed E-state index contributed by atoms with van der Waals surface area (Å²) in [5.74, 6) is 0.429. The van der Waals surface area contributed by atoms with Crippen molar-refractivity contribution in [2.24, 2.45) is 5.92 Å². The highest BCUT2D eigenvalue weighted by Gasteiger charge is 2.18. The summed E-state index contributed by atoms with van der Waals surface area (Å²) in [7, 11) is 1.77. The predicted octanol–water partition coefficient (Wildman–Crippen LogP) is 4.26. The molecule has 7 nitrogen and oxygen atoms in total. The summed E-state index contributed by atoms with van der Waals surface area (Å²) in [6.45, 7) is 4.05. The van der Waals surface area contributed by atoms with Gasteiger partial charge in [0.1, 0.15) is 17.4 Å². The first kappa shape index (κ1) is 24.5. The number of amides is 1. The number of carbonyl (C=O) groups is 1. The first-order chi connectivity index (χ1) is 16.8. The first-order valence-electron chi connectivity index (χ1n) is 11.9. The van der Waals surface area contributed by atoms with Crippen molar-refractivity contribution in [3.05, 3.63) is 65.5 Å². The maximum absolute atomic E-state index is 14.5. The summed E-state index contributed by atoms with van der Waals surface area (Å²) < 4.78 is 14.5. The number of phenols is 1. The maximum Gasteiger partial charge on any atom is 0.220 e. The summed E-state index contributed by atoms with van der Waals surface area (Å²) in [4.78, 5) is 18.5. The number of nitrogens with zero attached hydrogens (tertiary/aromatic N) is 2. The van der Waals surface area contributed by atoms with Crippen LogP contribution in [0.5, 0.6) is 5.75 Å². The van der Waals surface area contributed by atoms with Gasteiger partial charge < -0.3 is 26.4 Å². The Labute approximate surface area is 205 Å². The predicted molar refractivity (Wildman–Crippen MR) is 137 cm³/mol. The molecule has 1 saturated heterocycles. The molecule has 0 bridgehead atoms. The van der Waals surface area contributed by atoms with E-state index < -0.39 is 0 Å². The fourth-order valence-corrected chi connectivity index (χ4v) is 4.38. The van der Waals surface area contributed by atoms with Crippen molar-refractivity contribution in [3.63, 3.8) is 0 Å². The van der Waals surface area contributed by atoms with Crippen molar-refractivity contribution in [1.82, 2.24) is 15.6 Å². The Balaban J connectivity index is 1.48. The zero-order valence-electron chi connectivity index (χ0n) is 20.1. The van der Waals surface area contributed by atoms with Gasteiger partial charge in [-0.3, -0.25) is 4.79 Å². The number of aromatic nitrogens is 1. The van der Waals surface area contributed by atoms with E-state index in [-0.39, 0.29) is 23.3 Å². The number of aromatic hydroxyl groups is 1. The SMILES string of the molecule is Cc1ccc(N(C)c2ccc(O)c(-c3ccc(CNC(=O)CC4CCNCC4)c(N)n3)c2)c(F)c1. The monoisotopic (exact) mass is 477 g/mol. The largest absolute Gasteiger partial charge is 0.507 e. The molecule has 0 saturated carbocycles. The first-order valence-corrected chi connectivity index (χ1v) is 11.9. The van der Waals surface area contributed by atoms with Gasteiger partial charge in [0.15, 0.2) is 0 Å². The van der Waals surface area contributed by atoms with E-state index in [1.807, 2.05) is 13.0 Å². The average Bonchev–Trinajstić information content (AvgIpc) is 2.84. The van der Waals surface area contributed by atoms with Gasteiger partial charge in [0.25, 0.3) is 0 Å². The van der Waals surface area contributed by atoms with Crippen LogP contribution in [0.4, 0.5) is 21.6 Å². The molecule has 184 valence electrons. The lowest BCUT2D eigenvalue weighted by molar-refractivity contribution is -0.122. The van der Waals surface area contributed by atoms with Gasteiger partial charge in [0.2, 0.25) is 5.91 Å². The van der Waals surface area contributed by atoms with Crippen molar-refractivity contribution >= 4 is 23.1 Å². The molecule has 1 aliphatic rings. The van der Waals surface area contributed by atoms with E-state index in [1.165, 1.54) is 6.07 Å². The van der Waals surface area contributed by atoms with Gasteiger partial charge >= 0.3 is 0 Å². The molecule has 3 aromatic rings. The molecule has 2 heterocycles. The third kappa shape index (κ3) is 5.89. The highest BCUT2D eigenvalue weighted by Crippen LogP contribution is 2.35. The lowest BCUT2D eigenvalue weighted by Crippen LogP contribution is -2.32. The van der Waals surface area contributed by atoms with E-state index in [0.29, 0.717) is 47.1 Å². The normalized spacial score (nSPS) is 14.0. The number of carbonyl (C=O) groups excluding carboxylic acids is 1. The number of nitrogen functional groups attached to an aromatic ring is 1. The molecule has 1 fully saturated rings. The number of pyridine rings is 1. The second kappa shape index (κ2) is 10.7. The summed E-state index contributed by atoms with van der Waals surface area (Å²) >= 11 is 0. The zero-order valence-corrected chi connectivity index (χ0v) is 20.1. The Kier molecular flexibility index (Phi) is 7.51. The van der Waals surface area contributed by atoms with E-state index in [1.54, 1.807) is 48.3 Å². The standard InChI is InChI=1S/C27H32FN5O2/c1-17-3-7-24(22(28)13-17)33(2)20-5-8-25(34)21(15-20)23-6-4-19(27(29)32-23)16-31-26(35)14-18-9-11-30-12-10-18/h3-8,13,15,18,30,34H,9-12,14,16H2,1-2H3,(H2,29,32)(H,31,35). The third-order valence-corrected chi connectivity index (χ3v) is 6.53. The number of benzene rings is 2. The minimum atomic E-state index is -0.323. The Morgan fingerprint density at radius 1 is 1.20 bits per heavy atom. The summed E-state index contributed by atoms with van der Waals surface area (Å²) in [5.41, 5.74) is 9.83. The van der Waals surface area contributed by atoms with Crippen LogP contribution in [0.2, 0.25) is 0 Å². The summed E-state index contributed by atoms with van der Waals surface area (Å²) in [6, 6.07) is 13.6. The molecule has 0 unspecified atom stereocenters. The number of aryl methyl sites for hydroxylation is 1. The van der Waals surface area contributed by atoms with Crippen LogP contribution in [0.15, 0.2) is 48.5 Å². The van der Waals surface area contributed by atoms with Gasteiger partial charge in [-0.1, -0.05) is 12.1 Å². The second-order valence-electron chi connectivity index (χ2n) is 9.13. The van der Waals surface area contributed by atoms with Gasteiger partial charge in [0, 0.05) is 36.8 Å². The number of hydrogen-bond acceptors (Lipinski definition) is 6. The van der Waals surface area contributed by atoms with Crippen LogP contribution in [0.25, 0.3) is 11.3 Å². The topological polar surface area (TPSA) is 104 Å². The van der Waals surface area contributed by atoms with Crippen LogP contribution in [-0.2, 0) is 11.3 Å². The Morgan fingerprint density at radius 3 is 2.69 bits per heavy atom. The molecule has 35 heavy (non-hydrogen) atoms. The van der Waals surface area contributed by atoms with E-state index >= 15 is 0 Å². The van der Waals surface area contributed by atoms with Gasteiger partial charge in [-0.2, -0.15) is 0 Å². The summed E-state index contributed by atoms with van der Waals surface area (Å²) in [5, 5.41) is 16.7. The molecular formula is C27H32FN5O2. The number of piperidine rings is 1. The Hall–Kier alpha value is -3.65. The molecule has 1 aromatic heterocycles. The van der Waals surface area contributed by atoms with Crippen LogP contribution in [0, 0.1) is 18.7 Å². The van der Waals surface area contributed by atoms with Gasteiger partial charge in [-0.15, -0.1) is 0 Å². The van der Waals surface area contributed by atoms with Crippen molar-refractivity contribution in [3.8, 4) is 17.0 Å². The molecule has 1 aliphatic heterocycles.